The maximum Gasteiger partial charge on any atom is 0.0346 e. The molecule has 1 aromatic carbocycles. The van der Waals surface area contributed by atoms with Crippen molar-refractivity contribution in [1.82, 2.24) is 4.98 Å². The Morgan fingerprint density at radius 1 is 0.793 bits per heavy atom. The summed E-state index contributed by atoms with van der Waals surface area (Å²) in [6.45, 7) is 5.38. The molecule has 0 N–H and O–H groups in total. The van der Waals surface area contributed by atoms with Gasteiger partial charge >= 0.3 is 0 Å². The van der Waals surface area contributed by atoms with Crippen molar-refractivity contribution in [2.75, 3.05) is 0 Å². The standard InChI is InChI=1S/C28H37N/c1-27-14-4-3-5-22(27)8-9-23-25-11-10-24(28(25,2)15-12-26(23)27)20-7-6-19-13-16-29-18-21(19)17-20/h6-7,13,16-18,22-26H,3-5,8-12,14-15H2,1-2H3. The van der Waals surface area contributed by atoms with Crippen LogP contribution in [0, 0.1) is 34.5 Å². The molecule has 0 spiro atoms. The Morgan fingerprint density at radius 3 is 2.62 bits per heavy atom. The zero-order chi connectivity index (χ0) is 19.6. The van der Waals surface area contributed by atoms with Gasteiger partial charge in [0.15, 0.2) is 0 Å². The van der Waals surface area contributed by atoms with E-state index >= 15 is 0 Å². The topological polar surface area (TPSA) is 12.9 Å². The van der Waals surface area contributed by atoms with E-state index in [0.717, 1.165) is 29.6 Å². The van der Waals surface area contributed by atoms with E-state index < -0.39 is 0 Å². The van der Waals surface area contributed by atoms with Crippen molar-refractivity contribution in [1.29, 1.82) is 0 Å². The van der Waals surface area contributed by atoms with Crippen molar-refractivity contribution in [3.8, 4) is 0 Å². The molecule has 0 radical (unpaired) electrons. The van der Waals surface area contributed by atoms with Crippen molar-refractivity contribution in [2.24, 2.45) is 34.5 Å². The van der Waals surface area contributed by atoms with Gasteiger partial charge in [0, 0.05) is 17.8 Å². The van der Waals surface area contributed by atoms with Gasteiger partial charge in [-0.2, -0.15) is 0 Å². The van der Waals surface area contributed by atoms with Gasteiger partial charge in [-0.15, -0.1) is 0 Å². The smallest absolute Gasteiger partial charge is 0.0346 e. The number of rotatable bonds is 1. The zero-order valence-electron chi connectivity index (χ0n) is 18.4. The summed E-state index contributed by atoms with van der Waals surface area (Å²) in [6.07, 6.45) is 18.9. The minimum Gasteiger partial charge on any atom is -0.264 e. The monoisotopic (exact) mass is 387 g/mol. The Kier molecular flexibility index (Phi) is 4.16. The predicted octanol–water partition coefficient (Wildman–Crippen LogP) is 7.75. The van der Waals surface area contributed by atoms with Crippen LogP contribution in [0.2, 0.25) is 0 Å². The third kappa shape index (κ3) is 2.61. The van der Waals surface area contributed by atoms with Gasteiger partial charge in [-0.25, -0.2) is 0 Å². The number of hydrogen-bond donors (Lipinski definition) is 0. The minimum atomic E-state index is 0.509. The molecule has 0 bridgehead atoms. The second-order valence-electron chi connectivity index (χ2n) is 11.6. The van der Waals surface area contributed by atoms with E-state index in [2.05, 4.69) is 49.3 Å². The number of pyridine rings is 1. The van der Waals surface area contributed by atoms with Crippen molar-refractivity contribution in [3.05, 3.63) is 42.2 Å². The highest BCUT2D eigenvalue weighted by molar-refractivity contribution is 5.82. The van der Waals surface area contributed by atoms with Gasteiger partial charge in [0.1, 0.15) is 0 Å². The lowest BCUT2D eigenvalue weighted by Crippen LogP contribution is -2.52. The summed E-state index contributed by atoms with van der Waals surface area (Å²) in [5.74, 6) is 4.75. The molecule has 0 saturated heterocycles. The molecule has 1 heterocycles. The van der Waals surface area contributed by atoms with Crippen LogP contribution in [-0.2, 0) is 0 Å². The fourth-order valence-electron chi connectivity index (χ4n) is 9.16. The van der Waals surface area contributed by atoms with E-state index in [0.29, 0.717) is 10.8 Å². The second kappa shape index (κ2) is 6.56. The van der Waals surface area contributed by atoms with E-state index in [1.165, 1.54) is 75.0 Å². The number of benzene rings is 1. The zero-order valence-corrected chi connectivity index (χ0v) is 18.4. The first-order valence-electron chi connectivity index (χ1n) is 12.4. The van der Waals surface area contributed by atoms with Crippen LogP contribution in [0.4, 0.5) is 0 Å². The molecule has 4 aliphatic carbocycles. The maximum atomic E-state index is 4.38. The first-order chi connectivity index (χ1) is 14.1. The molecule has 154 valence electrons. The van der Waals surface area contributed by atoms with E-state index in [1.807, 2.05) is 6.20 Å². The van der Waals surface area contributed by atoms with Crippen molar-refractivity contribution >= 4 is 10.8 Å². The molecule has 1 aromatic heterocycles. The lowest BCUT2D eigenvalue weighted by Gasteiger charge is -2.60. The summed E-state index contributed by atoms with van der Waals surface area (Å²) < 4.78 is 0. The Balaban J connectivity index is 1.32. The maximum absolute atomic E-state index is 4.38. The van der Waals surface area contributed by atoms with Gasteiger partial charge in [0.25, 0.3) is 0 Å². The molecular formula is C28H37N. The number of fused-ring (bicyclic) bond motifs is 6. The van der Waals surface area contributed by atoms with Gasteiger partial charge in [0.05, 0.1) is 0 Å². The van der Waals surface area contributed by atoms with E-state index in [-0.39, 0.29) is 0 Å². The summed E-state index contributed by atoms with van der Waals surface area (Å²) >= 11 is 0. The normalized spacial score (nSPS) is 44.1. The van der Waals surface area contributed by atoms with Crippen molar-refractivity contribution < 1.29 is 0 Å². The first-order valence-corrected chi connectivity index (χ1v) is 12.4. The third-order valence-electron chi connectivity index (χ3n) is 10.7. The summed E-state index contributed by atoms with van der Waals surface area (Å²) in [6, 6.07) is 9.38. The van der Waals surface area contributed by atoms with Gasteiger partial charge in [-0.05, 0) is 115 Å². The van der Waals surface area contributed by atoms with Gasteiger partial charge in [-0.1, -0.05) is 38.8 Å². The quantitative estimate of drug-likeness (QED) is 0.487. The van der Waals surface area contributed by atoms with Gasteiger partial charge < -0.3 is 0 Å². The van der Waals surface area contributed by atoms with Crippen LogP contribution in [-0.4, -0.2) is 4.98 Å². The molecular weight excluding hydrogens is 350 g/mol. The Morgan fingerprint density at radius 2 is 1.69 bits per heavy atom. The summed E-state index contributed by atoms with van der Waals surface area (Å²) in [4.78, 5) is 4.38. The second-order valence-corrected chi connectivity index (χ2v) is 11.6. The van der Waals surface area contributed by atoms with Crippen LogP contribution in [0.15, 0.2) is 36.7 Å². The highest BCUT2D eigenvalue weighted by Crippen LogP contribution is 2.69. The molecule has 29 heavy (non-hydrogen) atoms. The van der Waals surface area contributed by atoms with Crippen molar-refractivity contribution in [3.63, 3.8) is 0 Å². The molecule has 7 atom stereocenters. The highest BCUT2D eigenvalue weighted by atomic mass is 14.6. The number of hydrogen-bond acceptors (Lipinski definition) is 1. The van der Waals surface area contributed by atoms with Crippen LogP contribution >= 0.6 is 0 Å². The molecule has 4 aliphatic rings. The lowest BCUT2D eigenvalue weighted by atomic mass is 9.44. The Bertz CT molecular complexity index is 917. The van der Waals surface area contributed by atoms with E-state index in [9.17, 15) is 0 Å². The van der Waals surface area contributed by atoms with Crippen molar-refractivity contribution in [2.45, 2.75) is 84.0 Å². The van der Waals surface area contributed by atoms with Crippen LogP contribution in [0.1, 0.15) is 89.5 Å². The van der Waals surface area contributed by atoms with Gasteiger partial charge in [0.2, 0.25) is 0 Å². The van der Waals surface area contributed by atoms with Crippen LogP contribution < -0.4 is 0 Å². The molecule has 4 fully saturated rings. The van der Waals surface area contributed by atoms with Crippen LogP contribution in [0.25, 0.3) is 10.8 Å². The van der Waals surface area contributed by atoms with E-state index in [1.54, 1.807) is 5.56 Å². The number of nitrogens with zero attached hydrogens (tertiary/aromatic N) is 1. The lowest BCUT2D eigenvalue weighted by molar-refractivity contribution is -0.105. The first kappa shape index (κ1) is 18.4. The molecule has 0 aliphatic heterocycles. The predicted molar refractivity (Wildman–Crippen MR) is 121 cm³/mol. The summed E-state index contributed by atoms with van der Waals surface area (Å²) in [7, 11) is 0. The van der Waals surface area contributed by atoms with Gasteiger partial charge in [-0.3, -0.25) is 4.98 Å². The van der Waals surface area contributed by atoms with Crippen LogP contribution in [0.3, 0.4) is 0 Å². The Labute approximate surface area is 176 Å². The molecule has 1 nitrogen and oxygen atoms in total. The number of aromatic nitrogens is 1. The molecule has 7 unspecified atom stereocenters. The molecule has 0 amide bonds. The Hall–Kier alpha value is -1.37. The fraction of sp³-hybridized carbons (Fsp3) is 0.679. The average molecular weight is 388 g/mol. The minimum absolute atomic E-state index is 0.509. The fourth-order valence-corrected chi connectivity index (χ4v) is 9.16. The molecule has 2 aromatic rings. The molecule has 6 rings (SSSR count). The third-order valence-corrected chi connectivity index (χ3v) is 10.7. The van der Waals surface area contributed by atoms with Crippen LogP contribution in [0.5, 0.6) is 0 Å². The average Bonchev–Trinajstić information content (AvgIpc) is 3.10. The SMILES string of the molecule is CC12CCCCC1CCC1C2CCC2(C)C(c3ccc4ccncc4c3)CCC12. The summed E-state index contributed by atoms with van der Waals surface area (Å²) in [5, 5.41) is 2.65. The summed E-state index contributed by atoms with van der Waals surface area (Å²) in [5.41, 5.74) is 2.76. The largest absolute Gasteiger partial charge is 0.264 e. The molecule has 1 heteroatoms. The molecule has 4 saturated carbocycles. The van der Waals surface area contributed by atoms with E-state index in [4.69, 9.17) is 0 Å². The highest BCUT2D eigenvalue weighted by Gasteiger charge is 2.59.